The number of hydrogen-bond acceptors (Lipinski definition) is 5. The summed E-state index contributed by atoms with van der Waals surface area (Å²) < 4.78 is 10.4. The number of nitrogens with one attached hydrogen (secondary N) is 1. The number of methoxy groups -OCH3 is 2. The van der Waals surface area contributed by atoms with Crippen LogP contribution in [0.25, 0.3) is 11.3 Å². The van der Waals surface area contributed by atoms with Crippen LogP contribution in [0.4, 0.5) is 0 Å². The van der Waals surface area contributed by atoms with Crippen molar-refractivity contribution in [2.24, 2.45) is 0 Å². The average Bonchev–Trinajstić information content (AvgIpc) is 3.14. The van der Waals surface area contributed by atoms with Crippen LogP contribution in [-0.2, 0) is 6.42 Å². The lowest BCUT2D eigenvalue weighted by Crippen LogP contribution is -2.26. The molecule has 0 aliphatic carbocycles. The number of carbonyl (C=O) groups is 1. The van der Waals surface area contributed by atoms with Gasteiger partial charge in [-0.15, -0.1) is 11.3 Å². The quantitative estimate of drug-likeness (QED) is 0.668. The van der Waals surface area contributed by atoms with Gasteiger partial charge in [-0.25, -0.2) is 4.98 Å². The van der Waals surface area contributed by atoms with E-state index in [4.69, 9.17) is 9.47 Å². The van der Waals surface area contributed by atoms with E-state index >= 15 is 0 Å². The highest BCUT2D eigenvalue weighted by Crippen LogP contribution is 2.24. The van der Waals surface area contributed by atoms with Crippen LogP contribution in [0.1, 0.15) is 20.9 Å². The minimum atomic E-state index is -0.163. The van der Waals surface area contributed by atoms with Crippen LogP contribution >= 0.6 is 11.3 Å². The van der Waals surface area contributed by atoms with Gasteiger partial charge in [0, 0.05) is 23.6 Å². The van der Waals surface area contributed by atoms with Crippen molar-refractivity contribution in [3.05, 3.63) is 64.0 Å². The van der Waals surface area contributed by atoms with Gasteiger partial charge >= 0.3 is 0 Å². The Bertz CT molecular complexity index is 919. The van der Waals surface area contributed by atoms with E-state index in [0.29, 0.717) is 23.6 Å². The molecule has 140 valence electrons. The van der Waals surface area contributed by atoms with Gasteiger partial charge in [0.1, 0.15) is 11.5 Å². The summed E-state index contributed by atoms with van der Waals surface area (Å²) in [7, 11) is 3.12. The molecule has 0 atom stereocenters. The van der Waals surface area contributed by atoms with Crippen LogP contribution in [0, 0.1) is 6.92 Å². The molecule has 1 aromatic heterocycles. The number of ether oxygens (including phenoxy) is 2. The summed E-state index contributed by atoms with van der Waals surface area (Å²) in [6.45, 7) is 2.55. The molecule has 1 N–H and O–H groups in total. The number of aryl methyl sites for hydroxylation is 1. The lowest BCUT2D eigenvalue weighted by Gasteiger charge is -2.11. The van der Waals surface area contributed by atoms with E-state index in [0.717, 1.165) is 28.2 Å². The first-order chi connectivity index (χ1) is 13.1. The van der Waals surface area contributed by atoms with Crippen molar-refractivity contribution in [1.82, 2.24) is 10.3 Å². The number of aromatic nitrogens is 1. The molecule has 0 bridgehead atoms. The number of carbonyl (C=O) groups excluding carboxylic acids is 1. The normalized spacial score (nSPS) is 10.5. The highest BCUT2D eigenvalue weighted by molar-refractivity contribution is 7.09. The van der Waals surface area contributed by atoms with Crippen molar-refractivity contribution >= 4 is 17.2 Å². The van der Waals surface area contributed by atoms with Gasteiger partial charge in [-0.2, -0.15) is 0 Å². The topological polar surface area (TPSA) is 60.5 Å². The smallest absolute Gasteiger partial charge is 0.255 e. The zero-order valence-corrected chi connectivity index (χ0v) is 16.4. The molecule has 3 rings (SSSR count). The molecule has 0 saturated carbocycles. The van der Waals surface area contributed by atoms with E-state index in [1.54, 1.807) is 36.6 Å². The summed E-state index contributed by atoms with van der Waals surface area (Å²) in [5.41, 5.74) is 3.76. The molecule has 3 aromatic rings. The van der Waals surface area contributed by atoms with E-state index in [-0.39, 0.29) is 5.91 Å². The first-order valence-corrected chi connectivity index (χ1v) is 9.50. The van der Waals surface area contributed by atoms with E-state index in [2.05, 4.69) is 39.9 Å². The highest BCUT2D eigenvalue weighted by atomic mass is 32.1. The van der Waals surface area contributed by atoms with Gasteiger partial charge in [0.2, 0.25) is 0 Å². The second-order valence-electron chi connectivity index (χ2n) is 6.02. The Hall–Kier alpha value is -2.86. The molecular weight excluding hydrogens is 360 g/mol. The van der Waals surface area contributed by atoms with Crippen LogP contribution in [0.2, 0.25) is 0 Å². The van der Waals surface area contributed by atoms with Crippen LogP contribution in [0.15, 0.2) is 47.8 Å². The largest absolute Gasteiger partial charge is 0.497 e. The molecule has 2 aromatic carbocycles. The Balaban J connectivity index is 1.57. The lowest BCUT2D eigenvalue weighted by atomic mass is 10.1. The SMILES string of the molecule is COc1ccc(C(=O)NCCc2ccc(-c3csc(C)n3)cc2)c(OC)c1. The fraction of sp³-hybridized carbons (Fsp3) is 0.238. The number of rotatable bonds is 7. The van der Waals surface area contributed by atoms with Crippen molar-refractivity contribution in [2.45, 2.75) is 13.3 Å². The minimum absolute atomic E-state index is 0.163. The number of benzene rings is 2. The molecule has 0 spiro atoms. The molecular formula is C21H22N2O3S. The molecule has 0 aliphatic heterocycles. The predicted octanol–water partition coefficient (Wildman–Crippen LogP) is 4.11. The van der Waals surface area contributed by atoms with Gasteiger partial charge in [-0.3, -0.25) is 4.79 Å². The minimum Gasteiger partial charge on any atom is -0.497 e. The number of amides is 1. The fourth-order valence-corrected chi connectivity index (χ4v) is 3.36. The van der Waals surface area contributed by atoms with E-state index in [1.807, 2.05) is 6.92 Å². The van der Waals surface area contributed by atoms with E-state index in [9.17, 15) is 4.79 Å². The molecule has 0 saturated heterocycles. The van der Waals surface area contributed by atoms with Crippen LogP contribution in [0.3, 0.4) is 0 Å². The fourth-order valence-electron chi connectivity index (χ4n) is 2.74. The van der Waals surface area contributed by atoms with Crippen molar-refractivity contribution in [3.8, 4) is 22.8 Å². The average molecular weight is 382 g/mol. The third kappa shape index (κ3) is 4.65. The third-order valence-corrected chi connectivity index (χ3v) is 4.99. The van der Waals surface area contributed by atoms with Gasteiger partial charge in [0.15, 0.2) is 0 Å². The molecule has 6 heteroatoms. The number of hydrogen-bond donors (Lipinski definition) is 1. The Morgan fingerprint density at radius 1 is 1.11 bits per heavy atom. The molecule has 0 aliphatic rings. The first kappa shape index (κ1) is 18.9. The summed E-state index contributed by atoms with van der Waals surface area (Å²) in [4.78, 5) is 16.9. The second kappa shape index (κ2) is 8.68. The van der Waals surface area contributed by atoms with Crippen molar-refractivity contribution in [2.75, 3.05) is 20.8 Å². The maximum absolute atomic E-state index is 12.4. The Kier molecular flexibility index (Phi) is 6.08. The van der Waals surface area contributed by atoms with Gasteiger partial charge in [-0.1, -0.05) is 24.3 Å². The maximum atomic E-state index is 12.4. The summed E-state index contributed by atoms with van der Waals surface area (Å²) in [6, 6.07) is 13.4. The summed E-state index contributed by atoms with van der Waals surface area (Å²) in [6.07, 6.45) is 0.751. The second-order valence-corrected chi connectivity index (χ2v) is 7.08. The Morgan fingerprint density at radius 3 is 2.52 bits per heavy atom. The highest BCUT2D eigenvalue weighted by Gasteiger charge is 2.13. The van der Waals surface area contributed by atoms with Crippen molar-refractivity contribution in [1.29, 1.82) is 0 Å². The van der Waals surface area contributed by atoms with E-state index < -0.39 is 0 Å². The molecule has 1 amide bonds. The third-order valence-electron chi connectivity index (χ3n) is 4.22. The molecule has 1 heterocycles. The monoisotopic (exact) mass is 382 g/mol. The zero-order valence-electron chi connectivity index (χ0n) is 15.6. The Morgan fingerprint density at radius 2 is 1.89 bits per heavy atom. The van der Waals surface area contributed by atoms with Gasteiger partial charge in [-0.05, 0) is 31.0 Å². The van der Waals surface area contributed by atoms with Gasteiger partial charge in [0.25, 0.3) is 5.91 Å². The van der Waals surface area contributed by atoms with Crippen LogP contribution < -0.4 is 14.8 Å². The summed E-state index contributed by atoms with van der Waals surface area (Å²) in [5.74, 6) is 0.984. The van der Waals surface area contributed by atoms with Crippen molar-refractivity contribution < 1.29 is 14.3 Å². The Labute approximate surface area is 163 Å². The van der Waals surface area contributed by atoms with Gasteiger partial charge in [0.05, 0.1) is 30.5 Å². The zero-order chi connectivity index (χ0) is 19.2. The number of nitrogens with zero attached hydrogens (tertiary/aromatic N) is 1. The van der Waals surface area contributed by atoms with E-state index in [1.165, 1.54) is 7.11 Å². The molecule has 27 heavy (non-hydrogen) atoms. The summed E-state index contributed by atoms with van der Waals surface area (Å²) in [5, 5.41) is 6.06. The molecule has 0 radical (unpaired) electrons. The molecule has 0 fully saturated rings. The molecule has 0 unspecified atom stereocenters. The standard InChI is InChI=1S/C21H22N2O3S/c1-14-23-19(13-27-14)16-6-4-15(5-7-16)10-11-22-21(24)18-9-8-17(25-2)12-20(18)26-3/h4-9,12-13H,10-11H2,1-3H3,(H,22,24). The van der Waals surface area contributed by atoms with Crippen LogP contribution in [-0.4, -0.2) is 31.7 Å². The first-order valence-electron chi connectivity index (χ1n) is 8.62. The number of thiazole rings is 1. The maximum Gasteiger partial charge on any atom is 0.255 e. The van der Waals surface area contributed by atoms with Crippen molar-refractivity contribution in [3.63, 3.8) is 0 Å². The molecule has 5 nitrogen and oxygen atoms in total. The summed E-state index contributed by atoms with van der Waals surface area (Å²) >= 11 is 1.65. The predicted molar refractivity (Wildman–Crippen MR) is 108 cm³/mol. The lowest BCUT2D eigenvalue weighted by molar-refractivity contribution is 0.0951. The van der Waals surface area contributed by atoms with Gasteiger partial charge < -0.3 is 14.8 Å². The van der Waals surface area contributed by atoms with Crippen LogP contribution in [0.5, 0.6) is 11.5 Å².